The maximum atomic E-state index is 3.97. The predicted molar refractivity (Wildman–Crippen MR) is 37.8 cm³/mol. The molecule has 0 fully saturated rings. The molecule has 38 valence electrons. The van der Waals surface area contributed by atoms with E-state index in [0.717, 1.165) is 3.81 Å². The lowest BCUT2D eigenvalue weighted by atomic mass is 11.0. The van der Waals surface area contributed by atoms with E-state index < -0.39 is 0 Å². The second-order valence-corrected chi connectivity index (χ2v) is 7.84. The van der Waals surface area contributed by atoms with Crippen LogP contribution in [0.1, 0.15) is 0 Å². The van der Waals surface area contributed by atoms with Gasteiger partial charge in [0.05, 0.1) is 12.4 Å². The number of hydrogen-bond donors (Lipinski definition) is 0. The molecule has 0 unspecified atom stereocenters. The van der Waals surface area contributed by atoms with Crippen LogP contribution in [0.5, 0.6) is 0 Å². The number of nitrogens with zero attached hydrogens (tertiary/aromatic N) is 2. The van der Waals surface area contributed by atoms with E-state index in [0.29, 0.717) is 0 Å². The minimum Gasteiger partial charge on any atom is -0.387 e. The fraction of sp³-hybridized carbons (Fsp3) is 0. The molecule has 0 aliphatic carbocycles. The summed E-state index contributed by atoms with van der Waals surface area (Å²) < 4.78 is 1.06. The van der Waals surface area contributed by atoms with Gasteiger partial charge in [-0.3, -0.25) is 0 Å². The van der Waals surface area contributed by atoms with Gasteiger partial charge in [0, 0.05) is 0 Å². The largest absolute Gasteiger partial charge is 0.387 e. The van der Waals surface area contributed by atoms with Crippen molar-refractivity contribution in [3.05, 3.63) is 12.4 Å². The van der Waals surface area contributed by atoms with Crippen LogP contribution in [0.3, 0.4) is 0 Å². The highest BCUT2D eigenvalue weighted by Crippen LogP contribution is 1.97. The minimum absolute atomic E-state index is 1.06. The van der Waals surface area contributed by atoms with Gasteiger partial charge in [-0.2, -0.15) is 0 Å². The van der Waals surface area contributed by atoms with E-state index >= 15 is 0 Å². The molecule has 1 aliphatic rings. The van der Waals surface area contributed by atoms with Crippen LogP contribution in [0.2, 0.25) is 0 Å². The average molecular weight is 129 g/mol. The summed E-state index contributed by atoms with van der Waals surface area (Å²) >= 11 is 0. The third-order valence-corrected chi connectivity index (χ3v) is 1.96. The highest BCUT2D eigenvalue weighted by Gasteiger charge is 2.06. The monoisotopic (exact) mass is 129 g/mol. The Morgan fingerprint density at radius 3 is 2.29 bits per heavy atom. The first-order valence-corrected chi connectivity index (χ1v) is 4.05. The van der Waals surface area contributed by atoms with E-state index in [1.54, 1.807) is 0 Å². The van der Waals surface area contributed by atoms with E-state index in [2.05, 4.69) is 11.2 Å². The zero-order chi connectivity index (χ0) is 5.33. The van der Waals surface area contributed by atoms with Crippen molar-refractivity contribution in [2.45, 2.75) is 0 Å². The molecule has 0 bridgehead atoms. The summed E-state index contributed by atoms with van der Waals surface area (Å²) in [5, 5.41) is 0. The van der Waals surface area contributed by atoms with Gasteiger partial charge in [0.1, 0.15) is 0 Å². The van der Waals surface area contributed by atoms with Crippen LogP contribution < -0.4 is 0 Å². The van der Waals surface area contributed by atoms with Crippen molar-refractivity contribution < 1.29 is 3.81 Å². The fourth-order valence-corrected chi connectivity index (χ4v) is 0.992. The quantitative estimate of drug-likeness (QED) is 0.332. The summed E-state index contributed by atoms with van der Waals surface area (Å²) in [5.41, 5.74) is 0. The van der Waals surface area contributed by atoms with Crippen LogP contribution in [0.25, 0.3) is 0 Å². The summed E-state index contributed by atoms with van der Waals surface area (Å²) in [4.78, 5) is 3.97. The van der Waals surface area contributed by atoms with E-state index in [1.807, 2.05) is 12.5 Å². The normalized spacial score (nSPS) is 38.3. The van der Waals surface area contributed by atoms with Gasteiger partial charge in [-0.05, 0) is 0 Å². The zero-order valence-electron chi connectivity index (χ0n) is 4.63. The molecule has 0 aromatic carbocycles. The highest BCUT2D eigenvalue weighted by atomic mass is 28.2. The molecule has 0 spiro atoms. The smallest absolute Gasteiger partial charge is 0.231 e. The van der Waals surface area contributed by atoms with Gasteiger partial charge in [-0.1, -0.05) is 0 Å². The summed E-state index contributed by atoms with van der Waals surface area (Å²) in [7, 11) is 2.35. The third kappa shape index (κ3) is 1.08. The number of quaternary nitrogens is 1. The molecule has 0 atom stereocenters. The Kier molecular flexibility index (Phi) is 0.986. The van der Waals surface area contributed by atoms with E-state index in [1.165, 1.54) is 20.8 Å². The van der Waals surface area contributed by atoms with Crippen molar-refractivity contribution >= 4 is 27.1 Å². The Morgan fingerprint density at radius 1 is 1.43 bits per heavy atom. The lowest BCUT2D eigenvalue weighted by Gasteiger charge is -2.16. The summed E-state index contributed by atoms with van der Waals surface area (Å²) in [5.74, 6) is 0. The molecule has 0 aromatic rings. The summed E-state index contributed by atoms with van der Waals surface area (Å²) in [6.45, 7) is 0. The second-order valence-electron chi connectivity index (χ2n) is 2.19. The fourth-order valence-electron chi connectivity index (χ4n) is 0.459. The summed E-state index contributed by atoms with van der Waals surface area (Å²) in [6.07, 6.45) is 6.01. The Hall–Kier alpha value is -0.196. The Bertz CT molecular complexity index is 113. The summed E-state index contributed by atoms with van der Waals surface area (Å²) in [6, 6.07) is 0. The van der Waals surface area contributed by atoms with Gasteiger partial charge >= 0.3 is 0 Å². The van der Waals surface area contributed by atoms with Gasteiger partial charge in [0.15, 0.2) is 6.34 Å². The molecule has 0 aromatic heterocycles. The molecule has 7 heavy (non-hydrogen) atoms. The number of rotatable bonds is 0. The first-order chi connectivity index (χ1) is 3.21. The average Bonchev–Trinajstić information content (AvgIpc) is 1.84. The van der Waals surface area contributed by atoms with Crippen LogP contribution in [0, 0.1) is 0 Å². The van der Waals surface area contributed by atoms with Crippen LogP contribution in [-0.2, 0) is 0 Å². The zero-order valence-corrected chi connectivity index (χ0v) is 8.63. The van der Waals surface area contributed by atoms with Gasteiger partial charge in [-0.15, -0.1) is 0 Å². The molecule has 0 amide bonds. The van der Waals surface area contributed by atoms with Crippen LogP contribution >= 0.6 is 0 Å². The lowest BCUT2D eigenvalue weighted by molar-refractivity contribution is -0.500. The second kappa shape index (κ2) is 1.39. The standard InChI is InChI=1S/C3H9N2Si2/c6-5(7)2-1-4-3-5/h1-3H,6-7H3/q+1. The van der Waals surface area contributed by atoms with Gasteiger partial charge in [0.25, 0.3) is 0 Å². The third-order valence-electron chi connectivity index (χ3n) is 0.901. The molecule has 0 saturated heterocycles. The van der Waals surface area contributed by atoms with E-state index in [9.17, 15) is 0 Å². The Balaban J connectivity index is 2.77. The van der Waals surface area contributed by atoms with Crippen molar-refractivity contribution in [1.29, 1.82) is 0 Å². The molecule has 1 aliphatic heterocycles. The SMILES string of the molecule is [SiH3][N+]1([SiH3])C=CN=C1. The maximum absolute atomic E-state index is 3.97. The Morgan fingerprint density at radius 2 is 2.14 bits per heavy atom. The van der Waals surface area contributed by atoms with Gasteiger partial charge < -0.3 is 3.81 Å². The molecule has 1 heterocycles. The molecule has 1 rings (SSSR count). The van der Waals surface area contributed by atoms with Gasteiger partial charge in [0.2, 0.25) is 20.8 Å². The van der Waals surface area contributed by atoms with Crippen molar-refractivity contribution in [2.75, 3.05) is 0 Å². The van der Waals surface area contributed by atoms with E-state index in [-0.39, 0.29) is 0 Å². The van der Waals surface area contributed by atoms with Crippen LogP contribution in [-0.4, -0.2) is 31.0 Å². The van der Waals surface area contributed by atoms with Crippen molar-refractivity contribution in [1.82, 2.24) is 0 Å². The van der Waals surface area contributed by atoms with Crippen LogP contribution in [0.15, 0.2) is 17.4 Å². The molecular formula is C3H9N2Si2+. The minimum atomic E-state index is 1.06. The molecule has 0 radical (unpaired) electrons. The van der Waals surface area contributed by atoms with Crippen LogP contribution in [0.4, 0.5) is 0 Å². The molecule has 2 nitrogen and oxygen atoms in total. The molecule has 0 N–H and O–H groups in total. The van der Waals surface area contributed by atoms with E-state index in [4.69, 9.17) is 0 Å². The topological polar surface area (TPSA) is 12.4 Å². The highest BCUT2D eigenvalue weighted by molar-refractivity contribution is 6.20. The predicted octanol–water partition coefficient (Wildman–Crippen LogP) is -2.12. The molecule has 0 saturated carbocycles. The molecule has 4 heteroatoms. The number of aliphatic imine (C=N–C) groups is 1. The van der Waals surface area contributed by atoms with Crippen molar-refractivity contribution in [3.63, 3.8) is 0 Å². The first kappa shape index (κ1) is 4.95. The lowest BCUT2D eigenvalue weighted by Crippen LogP contribution is -2.32. The molecular weight excluding hydrogens is 120 g/mol. The maximum Gasteiger partial charge on any atom is 0.231 e. The first-order valence-electron chi connectivity index (χ1n) is 2.26. The Labute approximate surface area is 49.1 Å². The van der Waals surface area contributed by atoms with Gasteiger partial charge in [-0.25, -0.2) is 4.99 Å². The number of hydrogen-bond acceptors (Lipinski definition) is 1. The van der Waals surface area contributed by atoms with Crippen molar-refractivity contribution in [2.24, 2.45) is 4.99 Å². The van der Waals surface area contributed by atoms with Crippen molar-refractivity contribution in [3.8, 4) is 0 Å².